The maximum Gasteiger partial charge on any atom is 0.332 e. The number of halogens is 2. The highest BCUT2D eigenvalue weighted by molar-refractivity contribution is 9.09. The lowest BCUT2D eigenvalue weighted by molar-refractivity contribution is 0.374. The van der Waals surface area contributed by atoms with Crippen LogP contribution >= 0.6 is 31.9 Å². The van der Waals surface area contributed by atoms with Crippen molar-refractivity contribution in [2.24, 2.45) is 33.2 Å². The number of aromatic nitrogens is 17. The molecular weight excluding hydrogens is 1510 g/mol. The summed E-state index contributed by atoms with van der Waals surface area (Å²) in [6.45, 7) is 7.99. The van der Waals surface area contributed by atoms with Gasteiger partial charge in [0.1, 0.15) is 23.1 Å². The van der Waals surface area contributed by atoms with Crippen LogP contribution in [0, 0.1) is 20.8 Å². The molecule has 1 aliphatic heterocycles. The average molecular weight is 1600 g/mol. The van der Waals surface area contributed by atoms with Crippen LogP contribution in [0.15, 0.2) is 215 Å². The molecule has 14 aromatic rings. The van der Waals surface area contributed by atoms with E-state index in [1.807, 2.05) is 148 Å². The fourth-order valence-corrected chi connectivity index (χ4v) is 12.6. The molecule has 0 bridgehead atoms. The van der Waals surface area contributed by atoms with Gasteiger partial charge in [0.2, 0.25) is 0 Å². The molecule has 10 aromatic heterocycles. The molecule has 0 saturated carbocycles. The monoisotopic (exact) mass is 1590 g/mol. The number of hydrogen-bond acceptors (Lipinski definition) is 18. The van der Waals surface area contributed by atoms with E-state index in [1.165, 1.54) is 45.8 Å². The smallest absolute Gasteiger partial charge is 0.332 e. The Balaban J connectivity index is 0.000000146. The standard InChI is InChI=1S/2C21H23N5O3.C13H12N4O2.C8H12BrNO.C7H7Br.C7H7N3O2/c2*1-15-12-17(29-23-15)10-6-7-11-26-20(27)18-19(24(2)21(26)28)22-14-25(18)13-16-8-4-3-5-9-16;1-16-11-10(12(18)15-13(16)19)17(8-14-11)7-9-5-3-2-4-6-9;1-7-6-8(11-10-7)4-2-3-5-9;8-6-7-4-2-1-3-5-7;1-10-5-4(2-3-8-5)6(11)9-7(10)12/h2*3-5,8-9,12,14H,6-7,10-11,13H2,1-2H3;2-6,8H,7H2,1H3,(H,15,18,19);6H,2-5H2,1H3;1-5H,6H2;3H,2H2,1H3,(H,9,11,12). The maximum absolute atomic E-state index is 13.1. The van der Waals surface area contributed by atoms with Crippen molar-refractivity contribution in [3.8, 4) is 0 Å². The molecule has 31 heteroatoms. The Morgan fingerprint density at radius 1 is 0.426 bits per heavy atom. The molecule has 11 heterocycles. The summed E-state index contributed by atoms with van der Waals surface area (Å²) in [6, 6.07) is 45.6. The number of nitrogens with zero attached hydrogens (tertiary/aromatic N) is 16. The van der Waals surface area contributed by atoms with E-state index in [9.17, 15) is 38.4 Å². The van der Waals surface area contributed by atoms with Crippen LogP contribution in [0.3, 0.4) is 0 Å². The molecule has 108 heavy (non-hydrogen) atoms. The second-order valence-corrected chi connectivity index (χ2v) is 27.0. The summed E-state index contributed by atoms with van der Waals surface area (Å²) in [6.07, 6.45) is 14.7. The number of hydrogen-bond donors (Lipinski definition) is 2. The molecule has 1 aliphatic rings. The molecule has 0 radical (unpaired) electrons. The van der Waals surface area contributed by atoms with Crippen molar-refractivity contribution in [2.45, 2.75) is 123 Å². The van der Waals surface area contributed by atoms with E-state index in [0.29, 0.717) is 96.9 Å². The number of imidazole rings is 3. The number of benzene rings is 4. The van der Waals surface area contributed by atoms with Crippen LogP contribution in [0.25, 0.3) is 33.5 Å². The predicted molar refractivity (Wildman–Crippen MR) is 420 cm³/mol. The second kappa shape index (κ2) is 38.0. The minimum atomic E-state index is -0.456. The highest BCUT2D eigenvalue weighted by atomic mass is 79.9. The third-order valence-corrected chi connectivity index (χ3v) is 18.7. The molecule has 0 aliphatic carbocycles. The molecular formula is C77H84Br2N18O11. The van der Waals surface area contributed by atoms with Crippen LogP contribution in [-0.4, -0.2) is 93.0 Å². The molecule has 15 rings (SSSR count). The summed E-state index contributed by atoms with van der Waals surface area (Å²) >= 11 is 6.74. The fraction of sp³-hybridized carbons (Fsp3) is 0.312. The van der Waals surface area contributed by atoms with Crippen molar-refractivity contribution >= 4 is 77.4 Å². The van der Waals surface area contributed by atoms with Crippen LogP contribution in [0.1, 0.15) is 101 Å². The van der Waals surface area contributed by atoms with Gasteiger partial charge in [0, 0.05) is 122 Å². The number of alkyl halides is 2. The molecule has 0 atom stereocenters. The first-order chi connectivity index (χ1) is 52.2. The number of H-pyrrole nitrogens is 2. The number of nitrogens with one attached hydrogen (secondary N) is 2. The first-order valence-electron chi connectivity index (χ1n) is 35.0. The van der Waals surface area contributed by atoms with Crippen molar-refractivity contribution in [3.63, 3.8) is 0 Å². The first kappa shape index (κ1) is 78.8. The Labute approximate surface area is 634 Å². The zero-order valence-corrected chi connectivity index (χ0v) is 64.2. The first-order valence-corrected chi connectivity index (χ1v) is 37.3. The SMILES string of the molecule is BrCc1ccccc1.Cc1cc(CCCCBr)on1.Cc1cc(CCCCn2c(=O)c3c(ncn3Cc3ccccc3)n(C)c2=O)on1.Cc1cc(CCCCn2c(=O)c3c(ncn3Cc3ccccc3)n(C)c2=O)on1.Cn1c(=O)[nH]c(=O)c2c1ncn2Cc1ccccc1.Cn1c2c(c(=O)[nH]c1=O)CC=N2. The van der Waals surface area contributed by atoms with E-state index < -0.39 is 16.9 Å². The summed E-state index contributed by atoms with van der Waals surface area (Å²) in [5.41, 5.74) is 7.36. The molecule has 0 spiro atoms. The van der Waals surface area contributed by atoms with Crippen LogP contribution < -0.4 is 45.0 Å². The van der Waals surface area contributed by atoms with Crippen molar-refractivity contribution in [3.05, 3.63) is 304 Å². The van der Waals surface area contributed by atoms with Crippen molar-refractivity contribution in [2.75, 3.05) is 5.33 Å². The Kier molecular flexibility index (Phi) is 27.7. The number of rotatable bonds is 21. The van der Waals surface area contributed by atoms with Gasteiger partial charge in [-0.15, -0.1) is 0 Å². The third-order valence-electron chi connectivity index (χ3n) is 17.5. The lowest BCUT2D eigenvalue weighted by Gasteiger charge is -2.10. The third kappa shape index (κ3) is 20.2. The van der Waals surface area contributed by atoms with E-state index in [2.05, 4.69) is 89.4 Å². The highest BCUT2D eigenvalue weighted by Crippen LogP contribution is 2.18. The Bertz CT molecular complexity index is 5660. The molecule has 29 nitrogen and oxygen atoms in total. The van der Waals surface area contributed by atoms with Crippen LogP contribution in [-0.2, 0) is 91.9 Å². The number of aryl methyl sites for hydroxylation is 9. The van der Waals surface area contributed by atoms with Gasteiger partial charge in [-0.1, -0.05) is 169 Å². The number of aliphatic imine (C=N–C) groups is 1. The van der Waals surface area contributed by atoms with Crippen LogP contribution in [0.4, 0.5) is 5.82 Å². The zero-order valence-electron chi connectivity index (χ0n) is 61.0. The van der Waals surface area contributed by atoms with Gasteiger partial charge in [0.15, 0.2) is 33.5 Å². The van der Waals surface area contributed by atoms with E-state index in [4.69, 9.17) is 13.6 Å². The average Bonchev–Trinajstić information content (AvgIpc) is 1.51. The summed E-state index contributed by atoms with van der Waals surface area (Å²) in [4.78, 5) is 118. The molecule has 0 unspecified atom stereocenters. The van der Waals surface area contributed by atoms with E-state index in [0.717, 1.165) is 93.8 Å². The summed E-state index contributed by atoms with van der Waals surface area (Å²) in [5.74, 6) is 3.12. The Hall–Kier alpha value is -11.7. The largest absolute Gasteiger partial charge is 0.361 e. The Morgan fingerprint density at radius 2 is 0.787 bits per heavy atom. The normalized spacial score (nSPS) is 11.3. The minimum absolute atomic E-state index is 0.299. The molecule has 562 valence electrons. The molecule has 0 amide bonds. The van der Waals surface area contributed by atoms with Crippen molar-refractivity contribution in [1.29, 1.82) is 0 Å². The number of fused-ring (bicyclic) bond motifs is 4. The lowest BCUT2D eigenvalue weighted by Crippen LogP contribution is -2.39. The Morgan fingerprint density at radius 3 is 1.16 bits per heavy atom. The van der Waals surface area contributed by atoms with Crippen molar-refractivity contribution in [1.82, 2.24) is 81.5 Å². The minimum Gasteiger partial charge on any atom is -0.361 e. The van der Waals surface area contributed by atoms with E-state index in [-0.39, 0.29) is 28.1 Å². The van der Waals surface area contributed by atoms with Crippen LogP contribution in [0.2, 0.25) is 0 Å². The summed E-state index contributed by atoms with van der Waals surface area (Å²) in [7, 11) is 6.47. The van der Waals surface area contributed by atoms with Gasteiger partial charge >= 0.3 is 22.8 Å². The van der Waals surface area contributed by atoms with Gasteiger partial charge in [0.25, 0.3) is 22.2 Å². The van der Waals surface area contributed by atoms with Gasteiger partial charge in [0.05, 0.1) is 41.6 Å². The van der Waals surface area contributed by atoms with E-state index >= 15 is 0 Å². The van der Waals surface area contributed by atoms with Gasteiger partial charge in [-0.05, 0) is 81.5 Å². The summed E-state index contributed by atoms with van der Waals surface area (Å²) < 4.78 is 29.0. The molecule has 0 saturated heterocycles. The number of unbranched alkanes of at least 4 members (excludes halogenated alkanes) is 3. The maximum atomic E-state index is 13.1. The van der Waals surface area contributed by atoms with Gasteiger partial charge in [-0.25, -0.2) is 39.1 Å². The molecule has 0 fully saturated rings. The van der Waals surface area contributed by atoms with Gasteiger partial charge in [-0.3, -0.25) is 56.5 Å². The summed E-state index contributed by atoms with van der Waals surface area (Å²) in [5, 5.41) is 13.6. The fourth-order valence-electron chi connectivity index (χ4n) is 11.9. The number of aromatic amines is 2. The zero-order chi connectivity index (χ0) is 76.8. The second-order valence-electron chi connectivity index (χ2n) is 25.6. The quantitative estimate of drug-likeness (QED) is 0.0499. The topological polar surface area (TPSA) is 342 Å². The van der Waals surface area contributed by atoms with Gasteiger partial charge in [-0.2, -0.15) is 0 Å². The highest BCUT2D eigenvalue weighted by Gasteiger charge is 2.20. The molecule has 2 N–H and O–H groups in total. The van der Waals surface area contributed by atoms with Crippen LogP contribution in [0.5, 0.6) is 0 Å². The van der Waals surface area contributed by atoms with E-state index in [1.54, 1.807) is 67.1 Å². The predicted octanol–water partition coefficient (Wildman–Crippen LogP) is 9.61. The van der Waals surface area contributed by atoms with Crippen molar-refractivity contribution < 1.29 is 13.6 Å². The molecule has 4 aromatic carbocycles. The lowest BCUT2D eigenvalue weighted by atomic mass is 10.2. The van der Waals surface area contributed by atoms with Gasteiger partial charge < -0.3 is 27.3 Å².